The Morgan fingerprint density at radius 1 is 0.895 bits per heavy atom. The zero-order chi connectivity index (χ0) is 25.5. The fraction of sp³-hybridized carbons (Fsp3) is 0. The van der Waals surface area contributed by atoms with E-state index in [9.17, 15) is 4.79 Å². The Hall–Kier alpha value is -5.64. The summed E-state index contributed by atoms with van der Waals surface area (Å²) < 4.78 is 5.23. The number of H-pyrrole nitrogens is 2. The minimum Gasteiger partial charge on any atom is -0.472 e. The van der Waals surface area contributed by atoms with Gasteiger partial charge >= 0.3 is 0 Å². The molecule has 10 nitrogen and oxygen atoms in total. The van der Waals surface area contributed by atoms with Gasteiger partial charge < -0.3 is 14.7 Å². The Morgan fingerprint density at radius 3 is 2.66 bits per heavy atom. The Labute approximate surface area is 214 Å². The lowest BCUT2D eigenvalue weighted by Crippen LogP contribution is -2.11. The molecule has 7 rings (SSSR count). The van der Waals surface area contributed by atoms with E-state index in [1.165, 1.54) is 0 Å². The topological polar surface area (TPSA) is 138 Å². The first-order chi connectivity index (χ1) is 18.7. The largest absolute Gasteiger partial charge is 0.472 e. The average molecular weight is 499 g/mol. The summed E-state index contributed by atoms with van der Waals surface area (Å²) in [4.78, 5) is 34.1. The smallest absolute Gasteiger partial charge is 0.255 e. The van der Waals surface area contributed by atoms with E-state index < -0.39 is 0 Å². The number of fused-ring (bicyclic) bond motifs is 2. The molecule has 6 aromatic heterocycles. The van der Waals surface area contributed by atoms with E-state index in [4.69, 9.17) is 9.40 Å². The van der Waals surface area contributed by atoms with Gasteiger partial charge in [0.1, 0.15) is 16.9 Å². The number of carbonyl (C=O) groups is 1. The van der Waals surface area contributed by atoms with Gasteiger partial charge in [0.25, 0.3) is 5.91 Å². The minimum absolute atomic E-state index is 0.204. The highest BCUT2D eigenvalue weighted by Crippen LogP contribution is 2.32. The molecule has 0 aliphatic heterocycles. The molecule has 182 valence electrons. The van der Waals surface area contributed by atoms with Crippen LogP contribution in [0.5, 0.6) is 0 Å². The molecule has 0 fully saturated rings. The van der Waals surface area contributed by atoms with Crippen LogP contribution in [-0.4, -0.2) is 41.0 Å². The highest BCUT2D eigenvalue weighted by atomic mass is 16.3. The van der Waals surface area contributed by atoms with Crippen molar-refractivity contribution < 1.29 is 9.21 Å². The monoisotopic (exact) mass is 498 g/mol. The standard InChI is InChI=1S/C28H18N8O2/c37-28(16-4-2-1-3-5-16)32-20-10-18(12-29-14-20)19-11-21-24(35-36-26(21)31-13-19)27-33-22-6-8-30-23(25(22)34-27)17-7-9-38-15-17/h1-15H,(H,32,37)(H,33,34)(H,31,35,36). The number of amides is 1. The van der Waals surface area contributed by atoms with Crippen molar-refractivity contribution in [1.82, 2.24) is 35.1 Å². The molecule has 0 radical (unpaired) electrons. The Balaban J connectivity index is 1.25. The third kappa shape index (κ3) is 3.77. The molecule has 1 aromatic carbocycles. The molecule has 6 heterocycles. The van der Waals surface area contributed by atoms with Gasteiger partial charge in [0.15, 0.2) is 11.5 Å². The first kappa shape index (κ1) is 21.6. The predicted molar refractivity (Wildman–Crippen MR) is 142 cm³/mol. The second-order valence-corrected chi connectivity index (χ2v) is 8.63. The van der Waals surface area contributed by atoms with Gasteiger partial charge in [-0.15, -0.1) is 0 Å². The summed E-state index contributed by atoms with van der Waals surface area (Å²) >= 11 is 0. The summed E-state index contributed by atoms with van der Waals surface area (Å²) in [5, 5.41) is 11.2. The van der Waals surface area contributed by atoms with Crippen LogP contribution in [0.4, 0.5) is 5.69 Å². The molecule has 0 atom stereocenters. The first-order valence-corrected chi connectivity index (χ1v) is 11.8. The number of carbonyl (C=O) groups excluding carboxylic acids is 1. The number of anilines is 1. The number of imidazole rings is 1. The van der Waals surface area contributed by atoms with Crippen LogP contribution in [-0.2, 0) is 0 Å². The zero-order valence-electron chi connectivity index (χ0n) is 19.7. The van der Waals surface area contributed by atoms with Gasteiger partial charge in [-0.2, -0.15) is 5.10 Å². The van der Waals surface area contributed by atoms with Crippen molar-refractivity contribution in [2.24, 2.45) is 0 Å². The summed E-state index contributed by atoms with van der Waals surface area (Å²) in [6.07, 6.45) is 10.1. The molecule has 0 saturated heterocycles. The van der Waals surface area contributed by atoms with Gasteiger partial charge in [-0.25, -0.2) is 9.97 Å². The quantitative estimate of drug-likeness (QED) is 0.286. The number of nitrogens with zero attached hydrogens (tertiary/aromatic N) is 5. The fourth-order valence-electron chi connectivity index (χ4n) is 4.36. The summed E-state index contributed by atoms with van der Waals surface area (Å²) in [6.45, 7) is 0. The van der Waals surface area contributed by atoms with Crippen LogP contribution in [0.1, 0.15) is 10.4 Å². The molecule has 0 unspecified atom stereocenters. The van der Waals surface area contributed by atoms with Gasteiger partial charge in [-0.05, 0) is 36.4 Å². The van der Waals surface area contributed by atoms with E-state index in [2.05, 4.69) is 35.5 Å². The summed E-state index contributed by atoms with van der Waals surface area (Å²) in [7, 11) is 0. The molecular weight excluding hydrogens is 480 g/mol. The van der Waals surface area contributed by atoms with Gasteiger partial charge in [0, 0.05) is 40.8 Å². The number of nitrogens with one attached hydrogen (secondary N) is 3. The van der Waals surface area contributed by atoms with Crippen molar-refractivity contribution in [3.05, 3.63) is 97.5 Å². The lowest BCUT2D eigenvalue weighted by molar-refractivity contribution is 0.102. The highest BCUT2D eigenvalue weighted by molar-refractivity contribution is 6.04. The molecule has 1 amide bonds. The molecule has 38 heavy (non-hydrogen) atoms. The van der Waals surface area contributed by atoms with Crippen molar-refractivity contribution in [2.75, 3.05) is 5.32 Å². The van der Waals surface area contributed by atoms with Crippen molar-refractivity contribution in [1.29, 1.82) is 0 Å². The van der Waals surface area contributed by atoms with E-state index >= 15 is 0 Å². The van der Waals surface area contributed by atoms with E-state index in [1.54, 1.807) is 49.4 Å². The molecule has 0 bridgehead atoms. The Kier molecular flexibility index (Phi) is 5.00. The molecule has 0 aliphatic rings. The highest BCUT2D eigenvalue weighted by Gasteiger charge is 2.17. The molecule has 0 spiro atoms. The summed E-state index contributed by atoms with van der Waals surface area (Å²) in [5.41, 5.74) is 7.14. The maximum atomic E-state index is 12.6. The van der Waals surface area contributed by atoms with Crippen molar-refractivity contribution in [3.8, 4) is 33.9 Å². The van der Waals surface area contributed by atoms with Crippen molar-refractivity contribution in [2.45, 2.75) is 0 Å². The normalized spacial score (nSPS) is 11.3. The number of furan rings is 1. The minimum atomic E-state index is -0.204. The van der Waals surface area contributed by atoms with Crippen LogP contribution < -0.4 is 5.32 Å². The third-order valence-electron chi connectivity index (χ3n) is 6.20. The van der Waals surface area contributed by atoms with Crippen LogP contribution in [0.3, 0.4) is 0 Å². The lowest BCUT2D eigenvalue weighted by atomic mass is 10.1. The van der Waals surface area contributed by atoms with Crippen LogP contribution >= 0.6 is 0 Å². The predicted octanol–water partition coefficient (Wildman–Crippen LogP) is 5.47. The fourth-order valence-corrected chi connectivity index (χ4v) is 4.36. The Bertz CT molecular complexity index is 1920. The average Bonchev–Trinajstić information content (AvgIpc) is 3.73. The van der Waals surface area contributed by atoms with Gasteiger partial charge in [0.05, 0.1) is 35.3 Å². The van der Waals surface area contributed by atoms with E-state index in [0.29, 0.717) is 28.4 Å². The van der Waals surface area contributed by atoms with Crippen LogP contribution in [0.25, 0.3) is 56.0 Å². The summed E-state index contributed by atoms with van der Waals surface area (Å²) in [5.74, 6) is 0.384. The third-order valence-corrected chi connectivity index (χ3v) is 6.20. The number of aromatic nitrogens is 7. The SMILES string of the molecule is O=C(Nc1cncc(-c2cnc3[nH]nc(-c4nc5c(-c6ccoc6)nccc5[nH]4)c3c2)c1)c1ccccc1. The molecule has 0 saturated carbocycles. The number of hydrogen-bond acceptors (Lipinski definition) is 7. The van der Waals surface area contributed by atoms with Crippen molar-refractivity contribution >= 4 is 33.7 Å². The molecule has 10 heteroatoms. The van der Waals surface area contributed by atoms with Crippen molar-refractivity contribution in [3.63, 3.8) is 0 Å². The molecule has 3 N–H and O–H groups in total. The zero-order valence-corrected chi connectivity index (χ0v) is 19.7. The summed E-state index contributed by atoms with van der Waals surface area (Å²) in [6, 6.07) is 16.6. The second kappa shape index (κ2) is 8.79. The maximum absolute atomic E-state index is 12.6. The molecule has 7 aromatic rings. The second-order valence-electron chi connectivity index (χ2n) is 8.63. The number of benzene rings is 1. The van der Waals surface area contributed by atoms with Gasteiger partial charge in [-0.3, -0.25) is 19.9 Å². The van der Waals surface area contributed by atoms with Gasteiger partial charge in [0.2, 0.25) is 0 Å². The first-order valence-electron chi connectivity index (χ1n) is 11.8. The number of pyridine rings is 3. The molecular formula is C28H18N8O2. The maximum Gasteiger partial charge on any atom is 0.255 e. The number of hydrogen-bond donors (Lipinski definition) is 3. The van der Waals surface area contributed by atoms with E-state index in [1.807, 2.05) is 42.5 Å². The molecule has 0 aliphatic carbocycles. The lowest BCUT2D eigenvalue weighted by Gasteiger charge is -2.07. The van der Waals surface area contributed by atoms with E-state index in [-0.39, 0.29) is 5.91 Å². The van der Waals surface area contributed by atoms with Crippen LogP contribution in [0.2, 0.25) is 0 Å². The van der Waals surface area contributed by atoms with Crippen LogP contribution in [0, 0.1) is 0 Å². The van der Waals surface area contributed by atoms with Crippen LogP contribution in [0.15, 0.2) is 96.3 Å². The van der Waals surface area contributed by atoms with Gasteiger partial charge in [-0.1, -0.05) is 18.2 Å². The number of rotatable bonds is 5. The Morgan fingerprint density at radius 2 is 1.79 bits per heavy atom. The van der Waals surface area contributed by atoms with E-state index in [0.717, 1.165) is 38.8 Å². The number of aromatic amines is 2.